The van der Waals surface area contributed by atoms with E-state index >= 15 is 0 Å². The van der Waals surface area contributed by atoms with Crippen LogP contribution in [0.15, 0.2) is 36.4 Å². The van der Waals surface area contributed by atoms with Crippen LogP contribution in [0.4, 0.5) is 0 Å². The predicted molar refractivity (Wildman–Crippen MR) is 71.1 cm³/mol. The van der Waals surface area contributed by atoms with Gasteiger partial charge in [-0.15, -0.1) is 0 Å². The molecule has 1 unspecified atom stereocenters. The van der Waals surface area contributed by atoms with Gasteiger partial charge < -0.3 is 9.84 Å². The fraction of sp³-hybridized carbons (Fsp3) is 0.333. The molecule has 1 aromatic rings. The van der Waals surface area contributed by atoms with Gasteiger partial charge in [-0.1, -0.05) is 32.1 Å². The molecule has 0 saturated carbocycles. The van der Waals surface area contributed by atoms with Gasteiger partial charge in [-0.3, -0.25) is 0 Å². The molecule has 100 valence electrons. The number of carbonyl (C=O) groups is 1. The van der Waals surface area contributed by atoms with Crippen molar-refractivity contribution in [2.45, 2.75) is 25.9 Å². The molecule has 0 aliphatic rings. The number of nitriles is 1. The topological polar surface area (TPSA) is 70.3 Å². The lowest BCUT2D eigenvalue weighted by molar-refractivity contribution is -0.140. The molecular formula is C15H17NO3. The summed E-state index contributed by atoms with van der Waals surface area (Å²) in [4.78, 5) is 11.6. The summed E-state index contributed by atoms with van der Waals surface area (Å²) in [6.45, 7) is 5.88. The van der Waals surface area contributed by atoms with E-state index in [4.69, 9.17) is 10.00 Å². The normalized spacial score (nSPS) is 11.4. The second-order valence-corrected chi connectivity index (χ2v) is 4.15. The Kier molecular flexibility index (Phi) is 5.77. The van der Waals surface area contributed by atoms with Gasteiger partial charge in [0.1, 0.15) is 6.10 Å². The van der Waals surface area contributed by atoms with E-state index in [1.807, 2.05) is 13.0 Å². The first kappa shape index (κ1) is 14.9. The van der Waals surface area contributed by atoms with Crippen LogP contribution in [0.5, 0.6) is 0 Å². The minimum absolute atomic E-state index is 0.000751. The van der Waals surface area contributed by atoms with Gasteiger partial charge in [-0.25, -0.2) is 4.79 Å². The molecule has 4 heteroatoms. The Labute approximate surface area is 112 Å². The quantitative estimate of drug-likeness (QED) is 0.484. The van der Waals surface area contributed by atoms with Crippen LogP contribution in [0, 0.1) is 11.3 Å². The van der Waals surface area contributed by atoms with Crippen LogP contribution in [0.3, 0.4) is 0 Å². The fourth-order valence-electron chi connectivity index (χ4n) is 1.45. The number of benzene rings is 1. The first-order valence-electron chi connectivity index (χ1n) is 6.14. The van der Waals surface area contributed by atoms with Gasteiger partial charge in [0.05, 0.1) is 23.8 Å². The van der Waals surface area contributed by atoms with Crippen molar-refractivity contribution in [1.82, 2.24) is 0 Å². The summed E-state index contributed by atoms with van der Waals surface area (Å²) in [5.41, 5.74) is 1.00. The minimum Gasteiger partial charge on any atom is -0.462 e. The molecule has 1 rings (SSSR count). The molecule has 0 amide bonds. The van der Waals surface area contributed by atoms with Crippen molar-refractivity contribution in [3.8, 4) is 6.07 Å². The Bertz CT molecular complexity index is 485. The van der Waals surface area contributed by atoms with E-state index in [1.165, 1.54) is 0 Å². The van der Waals surface area contributed by atoms with E-state index in [1.54, 1.807) is 24.3 Å². The second kappa shape index (κ2) is 7.34. The van der Waals surface area contributed by atoms with Crippen molar-refractivity contribution >= 4 is 5.97 Å². The third-order valence-corrected chi connectivity index (χ3v) is 2.68. The van der Waals surface area contributed by atoms with Gasteiger partial charge in [0.25, 0.3) is 0 Å². The summed E-state index contributed by atoms with van der Waals surface area (Å²) in [7, 11) is 0. The smallest absolute Gasteiger partial charge is 0.336 e. The Balaban J connectivity index is 2.65. The van der Waals surface area contributed by atoms with Crippen LogP contribution in [0.2, 0.25) is 0 Å². The van der Waals surface area contributed by atoms with Crippen LogP contribution in [-0.4, -0.2) is 17.7 Å². The minimum atomic E-state index is -1.11. The summed E-state index contributed by atoms with van der Waals surface area (Å²) in [6, 6.07) is 8.32. The van der Waals surface area contributed by atoms with Gasteiger partial charge in [0, 0.05) is 0 Å². The van der Waals surface area contributed by atoms with E-state index in [0.29, 0.717) is 17.7 Å². The lowest BCUT2D eigenvalue weighted by atomic mass is 10.0. The summed E-state index contributed by atoms with van der Waals surface area (Å²) in [6.07, 6.45) is 0.603. The zero-order valence-corrected chi connectivity index (χ0v) is 10.9. The summed E-state index contributed by atoms with van der Waals surface area (Å²) < 4.78 is 4.98. The fourth-order valence-corrected chi connectivity index (χ4v) is 1.45. The third-order valence-electron chi connectivity index (χ3n) is 2.68. The van der Waals surface area contributed by atoms with Crippen molar-refractivity contribution in [3.63, 3.8) is 0 Å². The van der Waals surface area contributed by atoms with Crippen molar-refractivity contribution < 1.29 is 14.6 Å². The standard InChI is InChI=1S/C15H17NO3/c1-3-4-9-19-15(18)11(2)14(17)13-7-5-12(10-16)6-8-13/h5-8,14,17H,2-4,9H2,1H3. The highest BCUT2D eigenvalue weighted by Crippen LogP contribution is 2.21. The van der Waals surface area contributed by atoms with Gasteiger partial charge in [-0.2, -0.15) is 5.26 Å². The molecule has 1 aromatic carbocycles. The van der Waals surface area contributed by atoms with Crippen LogP contribution >= 0.6 is 0 Å². The molecule has 0 aliphatic heterocycles. The Hall–Kier alpha value is -2.12. The van der Waals surface area contributed by atoms with Gasteiger partial charge in [-0.05, 0) is 24.1 Å². The first-order chi connectivity index (χ1) is 9.10. The molecule has 19 heavy (non-hydrogen) atoms. The largest absolute Gasteiger partial charge is 0.462 e. The average molecular weight is 259 g/mol. The van der Waals surface area contributed by atoms with Crippen LogP contribution in [-0.2, 0) is 9.53 Å². The predicted octanol–water partition coefficient (Wildman–Crippen LogP) is 2.49. The van der Waals surface area contributed by atoms with Crippen molar-refractivity contribution in [1.29, 1.82) is 5.26 Å². The summed E-state index contributed by atoms with van der Waals surface area (Å²) >= 11 is 0. The van der Waals surface area contributed by atoms with Crippen molar-refractivity contribution in [2.24, 2.45) is 0 Å². The lowest BCUT2D eigenvalue weighted by Crippen LogP contribution is -2.14. The summed E-state index contributed by atoms with van der Waals surface area (Å²) in [5.74, 6) is -0.592. The number of rotatable bonds is 6. The molecular weight excluding hydrogens is 242 g/mol. The molecule has 0 bridgehead atoms. The number of esters is 1. The van der Waals surface area contributed by atoms with Crippen molar-refractivity contribution in [3.05, 3.63) is 47.5 Å². The summed E-state index contributed by atoms with van der Waals surface area (Å²) in [5, 5.41) is 18.7. The highest BCUT2D eigenvalue weighted by Gasteiger charge is 2.19. The Morgan fingerprint density at radius 3 is 2.63 bits per heavy atom. The Morgan fingerprint density at radius 2 is 2.11 bits per heavy atom. The maximum atomic E-state index is 11.6. The molecule has 4 nitrogen and oxygen atoms in total. The number of ether oxygens (including phenoxy) is 1. The van der Waals surface area contributed by atoms with E-state index in [2.05, 4.69) is 6.58 Å². The molecule has 1 atom stereocenters. The number of aliphatic hydroxyl groups is 1. The van der Waals surface area contributed by atoms with Crippen LogP contribution < -0.4 is 0 Å². The maximum absolute atomic E-state index is 11.6. The average Bonchev–Trinajstić information content (AvgIpc) is 2.46. The molecule has 0 aliphatic carbocycles. The highest BCUT2D eigenvalue weighted by atomic mass is 16.5. The van der Waals surface area contributed by atoms with E-state index in [0.717, 1.165) is 12.8 Å². The number of aliphatic hydroxyl groups excluding tert-OH is 1. The van der Waals surface area contributed by atoms with Crippen LogP contribution in [0.1, 0.15) is 37.0 Å². The first-order valence-corrected chi connectivity index (χ1v) is 6.14. The molecule has 0 fully saturated rings. The van der Waals surface area contributed by atoms with E-state index in [9.17, 15) is 9.90 Å². The number of hydrogen-bond donors (Lipinski definition) is 1. The molecule has 0 aromatic heterocycles. The SMILES string of the molecule is C=C(C(=O)OCCCC)C(O)c1ccc(C#N)cc1. The van der Waals surface area contributed by atoms with Crippen molar-refractivity contribution in [2.75, 3.05) is 6.61 Å². The highest BCUT2D eigenvalue weighted by molar-refractivity contribution is 5.89. The van der Waals surface area contributed by atoms with E-state index < -0.39 is 12.1 Å². The monoisotopic (exact) mass is 259 g/mol. The maximum Gasteiger partial charge on any atom is 0.336 e. The number of carbonyl (C=O) groups excluding carboxylic acids is 1. The lowest BCUT2D eigenvalue weighted by Gasteiger charge is -2.13. The number of unbranched alkanes of at least 4 members (excludes halogenated alkanes) is 1. The molecule has 0 spiro atoms. The molecule has 0 saturated heterocycles. The second-order valence-electron chi connectivity index (χ2n) is 4.15. The molecule has 0 radical (unpaired) electrons. The zero-order valence-electron chi connectivity index (χ0n) is 10.9. The Morgan fingerprint density at radius 1 is 1.47 bits per heavy atom. The zero-order chi connectivity index (χ0) is 14.3. The van der Waals surface area contributed by atoms with Gasteiger partial charge in [0.2, 0.25) is 0 Å². The number of nitrogens with zero attached hydrogens (tertiary/aromatic N) is 1. The van der Waals surface area contributed by atoms with Gasteiger partial charge in [0.15, 0.2) is 0 Å². The van der Waals surface area contributed by atoms with Crippen LogP contribution in [0.25, 0.3) is 0 Å². The van der Waals surface area contributed by atoms with Gasteiger partial charge >= 0.3 is 5.97 Å². The third kappa shape index (κ3) is 4.23. The number of hydrogen-bond acceptors (Lipinski definition) is 4. The molecule has 1 N–H and O–H groups in total. The van der Waals surface area contributed by atoms with E-state index in [-0.39, 0.29) is 5.57 Å². The molecule has 0 heterocycles.